The normalized spacial score (nSPS) is 25.3. The van der Waals surface area contributed by atoms with Crippen LogP contribution in [0.5, 0.6) is 0 Å². The molecule has 1 amide bonds. The van der Waals surface area contributed by atoms with E-state index in [0.29, 0.717) is 18.5 Å². The summed E-state index contributed by atoms with van der Waals surface area (Å²) in [6.45, 7) is 0.628. The highest BCUT2D eigenvalue weighted by molar-refractivity contribution is 9.11. The number of carbonyl (C=O) groups is 1. The first-order chi connectivity index (χ1) is 11.1. The number of nitrogens with zero attached hydrogens (tertiary/aromatic N) is 1. The Hall–Kier alpha value is -1.17. The molecule has 3 atom stereocenters. The van der Waals surface area contributed by atoms with Gasteiger partial charge in [0.1, 0.15) is 0 Å². The summed E-state index contributed by atoms with van der Waals surface area (Å²) in [6, 6.07) is 13.3. The van der Waals surface area contributed by atoms with Crippen molar-refractivity contribution in [2.75, 3.05) is 11.4 Å². The number of halogens is 2. The number of aliphatic hydroxyl groups is 1. The van der Waals surface area contributed by atoms with Gasteiger partial charge in [0.05, 0.1) is 10.9 Å². The van der Waals surface area contributed by atoms with E-state index in [1.165, 1.54) is 5.56 Å². The minimum atomic E-state index is -0.439. The number of benzene rings is 2. The zero-order valence-corrected chi connectivity index (χ0v) is 15.4. The molecule has 1 aliphatic heterocycles. The fourth-order valence-electron chi connectivity index (χ4n) is 3.68. The molecule has 2 aliphatic rings. The standard InChI is InChI=1S/C18H15Br2NO2/c19-12-6-7-13-15-11(8-14(22)17(20)16(12)15)9-21(13)18(23)10-4-2-1-3-5-10/h1-7,11,14,17,22H,8-9H2/t11-,14-,17+/m0/s1. The summed E-state index contributed by atoms with van der Waals surface area (Å²) >= 11 is 7.21. The Morgan fingerprint density at radius 1 is 1.13 bits per heavy atom. The van der Waals surface area contributed by atoms with Gasteiger partial charge in [0.25, 0.3) is 5.91 Å². The highest BCUT2D eigenvalue weighted by Crippen LogP contribution is 2.52. The second-order valence-electron chi connectivity index (χ2n) is 6.08. The second-order valence-corrected chi connectivity index (χ2v) is 7.92. The predicted molar refractivity (Wildman–Crippen MR) is 97.3 cm³/mol. The smallest absolute Gasteiger partial charge is 0.258 e. The maximum Gasteiger partial charge on any atom is 0.258 e. The van der Waals surface area contributed by atoms with Crippen LogP contribution < -0.4 is 4.90 Å². The summed E-state index contributed by atoms with van der Waals surface area (Å²) in [5.74, 6) is 0.207. The molecule has 4 rings (SSSR count). The van der Waals surface area contributed by atoms with E-state index >= 15 is 0 Å². The van der Waals surface area contributed by atoms with Crippen molar-refractivity contribution in [1.29, 1.82) is 0 Å². The van der Waals surface area contributed by atoms with Crippen LogP contribution in [0.1, 0.15) is 38.7 Å². The van der Waals surface area contributed by atoms with Crippen molar-refractivity contribution < 1.29 is 9.90 Å². The average molecular weight is 437 g/mol. The van der Waals surface area contributed by atoms with E-state index in [4.69, 9.17) is 0 Å². The van der Waals surface area contributed by atoms with Gasteiger partial charge in [-0.3, -0.25) is 4.79 Å². The van der Waals surface area contributed by atoms with Gasteiger partial charge in [-0.1, -0.05) is 50.1 Å². The van der Waals surface area contributed by atoms with Crippen LogP contribution in [0.4, 0.5) is 5.69 Å². The van der Waals surface area contributed by atoms with Crippen LogP contribution in [0.3, 0.4) is 0 Å². The first kappa shape index (κ1) is 15.4. The lowest BCUT2D eigenvalue weighted by atomic mass is 9.82. The van der Waals surface area contributed by atoms with Crippen LogP contribution >= 0.6 is 31.9 Å². The number of hydrogen-bond donors (Lipinski definition) is 1. The van der Waals surface area contributed by atoms with E-state index in [-0.39, 0.29) is 16.7 Å². The van der Waals surface area contributed by atoms with Crippen molar-refractivity contribution in [2.24, 2.45) is 0 Å². The van der Waals surface area contributed by atoms with E-state index in [1.807, 2.05) is 47.4 Å². The van der Waals surface area contributed by atoms with Crippen LogP contribution in [0.15, 0.2) is 46.9 Å². The topological polar surface area (TPSA) is 40.5 Å². The molecule has 0 aromatic heterocycles. The molecule has 0 spiro atoms. The average Bonchev–Trinajstić information content (AvgIpc) is 2.92. The molecule has 2 aromatic carbocycles. The summed E-state index contributed by atoms with van der Waals surface area (Å²) in [6.07, 6.45) is 0.233. The Labute approximate surface area is 151 Å². The second kappa shape index (κ2) is 5.72. The quantitative estimate of drug-likeness (QED) is 0.673. The Bertz CT molecular complexity index is 778. The molecule has 0 saturated carbocycles. The monoisotopic (exact) mass is 435 g/mol. The van der Waals surface area contributed by atoms with Crippen LogP contribution in [-0.2, 0) is 0 Å². The summed E-state index contributed by atoms with van der Waals surface area (Å²) in [4.78, 5) is 14.6. The van der Waals surface area contributed by atoms with Crippen molar-refractivity contribution >= 4 is 43.5 Å². The largest absolute Gasteiger partial charge is 0.392 e. The number of alkyl halides is 1. The SMILES string of the molecule is O=C(c1ccccc1)N1C[C@@H]2C[C@H](O)[C@@H](Br)c3c(Br)ccc1c32. The molecule has 1 heterocycles. The van der Waals surface area contributed by atoms with Gasteiger partial charge in [0.2, 0.25) is 0 Å². The van der Waals surface area contributed by atoms with Gasteiger partial charge in [-0.25, -0.2) is 0 Å². The van der Waals surface area contributed by atoms with Gasteiger partial charge in [-0.15, -0.1) is 0 Å². The van der Waals surface area contributed by atoms with Crippen molar-refractivity contribution in [3.8, 4) is 0 Å². The Balaban J connectivity index is 1.81. The molecule has 1 N–H and O–H groups in total. The highest BCUT2D eigenvalue weighted by Gasteiger charge is 2.42. The molecule has 23 heavy (non-hydrogen) atoms. The molecule has 0 unspecified atom stereocenters. The molecule has 2 aromatic rings. The van der Waals surface area contributed by atoms with Crippen molar-refractivity contribution in [3.63, 3.8) is 0 Å². The van der Waals surface area contributed by atoms with Crippen molar-refractivity contribution in [1.82, 2.24) is 0 Å². The van der Waals surface area contributed by atoms with E-state index in [0.717, 1.165) is 15.7 Å². The molecule has 0 bridgehead atoms. The van der Waals surface area contributed by atoms with E-state index in [1.54, 1.807) is 0 Å². The van der Waals surface area contributed by atoms with Gasteiger partial charge in [0.15, 0.2) is 0 Å². The Morgan fingerprint density at radius 2 is 1.87 bits per heavy atom. The summed E-state index contributed by atoms with van der Waals surface area (Å²) in [7, 11) is 0. The molecular formula is C18H15Br2NO2. The number of aliphatic hydroxyl groups excluding tert-OH is 1. The van der Waals surface area contributed by atoms with Gasteiger partial charge in [-0.05, 0) is 41.8 Å². The highest BCUT2D eigenvalue weighted by atomic mass is 79.9. The molecular weight excluding hydrogens is 422 g/mol. The van der Waals surface area contributed by atoms with Gasteiger partial charge < -0.3 is 10.0 Å². The lowest BCUT2D eigenvalue weighted by Crippen LogP contribution is -2.31. The first-order valence-electron chi connectivity index (χ1n) is 7.59. The Kier molecular flexibility index (Phi) is 3.82. The fourth-order valence-corrected chi connectivity index (χ4v) is 5.29. The minimum absolute atomic E-state index is 0.0186. The molecule has 3 nitrogen and oxygen atoms in total. The number of amides is 1. The van der Waals surface area contributed by atoms with Crippen LogP contribution in [-0.4, -0.2) is 23.7 Å². The summed E-state index contributed by atoms with van der Waals surface area (Å²) in [5, 5.41) is 10.3. The zero-order chi connectivity index (χ0) is 16.1. The number of rotatable bonds is 1. The Morgan fingerprint density at radius 3 is 2.61 bits per heavy atom. The zero-order valence-electron chi connectivity index (χ0n) is 12.2. The first-order valence-corrected chi connectivity index (χ1v) is 9.30. The van der Waals surface area contributed by atoms with Gasteiger partial charge in [0, 0.05) is 28.2 Å². The maximum atomic E-state index is 12.9. The number of hydrogen-bond acceptors (Lipinski definition) is 2. The molecule has 0 saturated heterocycles. The van der Waals surface area contributed by atoms with Crippen molar-refractivity contribution in [3.05, 3.63) is 63.6 Å². The third kappa shape index (κ3) is 2.37. The third-order valence-electron chi connectivity index (χ3n) is 4.72. The lowest BCUT2D eigenvalue weighted by Gasteiger charge is -2.30. The summed E-state index contributed by atoms with van der Waals surface area (Å²) < 4.78 is 0.982. The number of carbonyl (C=O) groups excluding carboxylic acids is 1. The van der Waals surface area contributed by atoms with E-state index in [9.17, 15) is 9.90 Å². The fraction of sp³-hybridized carbons (Fsp3) is 0.278. The van der Waals surface area contributed by atoms with Crippen LogP contribution in [0.25, 0.3) is 0 Å². The van der Waals surface area contributed by atoms with Crippen molar-refractivity contribution in [2.45, 2.75) is 23.3 Å². The predicted octanol–water partition coefficient (Wildman–Crippen LogP) is 4.39. The third-order valence-corrected chi connectivity index (χ3v) is 6.48. The van der Waals surface area contributed by atoms with Crippen LogP contribution in [0, 0.1) is 0 Å². The lowest BCUT2D eigenvalue weighted by molar-refractivity contribution is 0.0984. The minimum Gasteiger partial charge on any atom is -0.392 e. The molecule has 118 valence electrons. The molecule has 0 fully saturated rings. The maximum absolute atomic E-state index is 12.9. The van der Waals surface area contributed by atoms with E-state index < -0.39 is 6.10 Å². The van der Waals surface area contributed by atoms with E-state index in [2.05, 4.69) is 31.9 Å². The van der Waals surface area contributed by atoms with Crippen LogP contribution in [0.2, 0.25) is 0 Å². The summed E-state index contributed by atoms with van der Waals surface area (Å²) in [5.41, 5.74) is 3.93. The molecule has 1 aliphatic carbocycles. The number of anilines is 1. The van der Waals surface area contributed by atoms with Gasteiger partial charge in [-0.2, -0.15) is 0 Å². The molecule has 0 radical (unpaired) electrons. The van der Waals surface area contributed by atoms with Gasteiger partial charge >= 0.3 is 0 Å². The molecule has 5 heteroatoms.